The third-order valence-electron chi connectivity index (χ3n) is 2.08. The number of alkyl halides is 3. The van der Waals surface area contributed by atoms with Gasteiger partial charge >= 0.3 is 6.18 Å². The van der Waals surface area contributed by atoms with Crippen molar-refractivity contribution in [3.63, 3.8) is 0 Å². The average molecular weight is 270 g/mol. The molecule has 8 heteroatoms. The lowest BCUT2D eigenvalue weighted by atomic mass is 10.3. The van der Waals surface area contributed by atoms with Gasteiger partial charge in [0.15, 0.2) is 0 Å². The quantitative estimate of drug-likeness (QED) is 0.850. The Morgan fingerprint density at radius 3 is 2.53 bits per heavy atom. The highest BCUT2D eigenvalue weighted by Gasteiger charge is 2.31. The average Bonchev–Trinajstić information content (AvgIpc) is 2.24. The molecule has 96 valence electrons. The summed E-state index contributed by atoms with van der Waals surface area (Å²) in [5, 5.41) is 9.03. The van der Waals surface area contributed by atoms with E-state index >= 15 is 0 Å². The van der Waals surface area contributed by atoms with Gasteiger partial charge in [-0.3, -0.25) is 0 Å². The van der Waals surface area contributed by atoms with Crippen molar-refractivity contribution in [3.8, 4) is 0 Å². The molecule has 0 spiro atoms. The number of nitrogens with zero attached hydrogens (tertiary/aromatic N) is 3. The van der Waals surface area contributed by atoms with E-state index in [2.05, 4.69) is 9.97 Å². The van der Waals surface area contributed by atoms with Crippen molar-refractivity contribution in [2.24, 2.45) is 0 Å². The van der Waals surface area contributed by atoms with Crippen LogP contribution < -0.4 is 4.90 Å². The van der Waals surface area contributed by atoms with E-state index in [0.717, 1.165) is 11.2 Å². The van der Waals surface area contributed by atoms with Crippen molar-refractivity contribution in [3.05, 3.63) is 17.0 Å². The van der Waals surface area contributed by atoms with E-state index in [0.29, 0.717) is 0 Å². The zero-order valence-corrected chi connectivity index (χ0v) is 9.76. The van der Waals surface area contributed by atoms with Gasteiger partial charge in [0.2, 0.25) is 0 Å². The van der Waals surface area contributed by atoms with Crippen LogP contribution in [0.15, 0.2) is 6.33 Å². The fourth-order valence-corrected chi connectivity index (χ4v) is 1.53. The Labute approximate surface area is 101 Å². The lowest BCUT2D eigenvalue weighted by molar-refractivity contribution is -0.119. The van der Waals surface area contributed by atoms with Crippen LogP contribution in [0.4, 0.5) is 19.0 Å². The molecule has 0 amide bonds. The minimum absolute atomic E-state index is 0.00678. The molecule has 0 aromatic carbocycles. The highest BCUT2D eigenvalue weighted by atomic mass is 35.5. The summed E-state index contributed by atoms with van der Waals surface area (Å²) in [7, 11) is 0. The first-order valence-corrected chi connectivity index (χ1v) is 5.18. The topological polar surface area (TPSA) is 49.2 Å². The van der Waals surface area contributed by atoms with Gasteiger partial charge in [-0.2, -0.15) is 13.2 Å². The number of aromatic nitrogens is 2. The van der Waals surface area contributed by atoms with Crippen LogP contribution in [-0.2, 0) is 6.61 Å². The molecule has 0 saturated heterocycles. The van der Waals surface area contributed by atoms with Gasteiger partial charge in [0.05, 0.1) is 12.2 Å². The highest BCUT2D eigenvalue weighted by Crippen LogP contribution is 2.26. The van der Waals surface area contributed by atoms with Gasteiger partial charge in [0.25, 0.3) is 0 Å². The molecule has 0 aliphatic carbocycles. The van der Waals surface area contributed by atoms with Gasteiger partial charge in [-0.1, -0.05) is 11.6 Å². The number of aliphatic hydroxyl groups is 1. The van der Waals surface area contributed by atoms with Gasteiger partial charge in [-0.25, -0.2) is 9.97 Å². The van der Waals surface area contributed by atoms with Crippen LogP contribution in [0.2, 0.25) is 5.15 Å². The monoisotopic (exact) mass is 269 g/mol. The molecule has 0 bridgehead atoms. The second kappa shape index (κ2) is 5.50. The zero-order chi connectivity index (χ0) is 13.1. The third-order valence-corrected chi connectivity index (χ3v) is 2.41. The number of rotatable bonds is 4. The minimum atomic E-state index is -4.35. The number of anilines is 1. The second-order valence-corrected chi connectivity index (χ2v) is 3.61. The van der Waals surface area contributed by atoms with E-state index in [1.165, 1.54) is 0 Å². The summed E-state index contributed by atoms with van der Waals surface area (Å²) in [6, 6.07) is 0. The fourth-order valence-electron chi connectivity index (χ4n) is 1.34. The van der Waals surface area contributed by atoms with Crippen LogP contribution in [-0.4, -0.2) is 34.3 Å². The maximum Gasteiger partial charge on any atom is 0.405 e. The number of hydrogen-bond acceptors (Lipinski definition) is 4. The normalized spacial score (nSPS) is 11.6. The molecular formula is C9H11ClF3N3O. The van der Waals surface area contributed by atoms with Crippen molar-refractivity contribution in [2.45, 2.75) is 19.7 Å². The van der Waals surface area contributed by atoms with Crippen molar-refractivity contribution < 1.29 is 18.3 Å². The Bertz CT molecular complexity index is 386. The van der Waals surface area contributed by atoms with E-state index in [-0.39, 0.29) is 23.1 Å². The molecule has 1 rings (SSSR count). The van der Waals surface area contributed by atoms with E-state index in [1.807, 2.05) is 0 Å². The number of halogens is 4. The van der Waals surface area contributed by atoms with Gasteiger partial charge in [-0.15, -0.1) is 0 Å². The molecule has 0 radical (unpaired) electrons. The fraction of sp³-hybridized carbons (Fsp3) is 0.556. The lowest BCUT2D eigenvalue weighted by Gasteiger charge is -2.25. The largest absolute Gasteiger partial charge is 0.405 e. The molecular weight excluding hydrogens is 259 g/mol. The SMILES string of the molecule is CCN(CC(F)(F)F)c1ncnc(Cl)c1CO. The molecule has 17 heavy (non-hydrogen) atoms. The molecule has 0 aliphatic rings. The molecule has 0 aliphatic heterocycles. The standard InChI is InChI=1S/C9H11ClF3N3O/c1-2-16(4-9(11,12)13)8-6(3-17)7(10)14-5-15-8/h5,17H,2-4H2,1H3. The summed E-state index contributed by atoms with van der Waals surface area (Å²) >= 11 is 5.68. The summed E-state index contributed by atoms with van der Waals surface area (Å²) in [5.74, 6) is 0.00678. The molecule has 1 heterocycles. The summed E-state index contributed by atoms with van der Waals surface area (Å²) in [6.07, 6.45) is -3.28. The summed E-state index contributed by atoms with van der Waals surface area (Å²) in [6.45, 7) is -0.00400. The van der Waals surface area contributed by atoms with Crippen LogP contribution in [0.25, 0.3) is 0 Å². The smallest absolute Gasteiger partial charge is 0.391 e. The molecule has 0 saturated carbocycles. The highest BCUT2D eigenvalue weighted by molar-refractivity contribution is 6.30. The van der Waals surface area contributed by atoms with Gasteiger partial charge in [0, 0.05) is 6.54 Å². The first-order chi connectivity index (χ1) is 7.89. The molecule has 0 fully saturated rings. The Hall–Kier alpha value is -1.08. The third kappa shape index (κ3) is 3.71. The summed E-state index contributed by atoms with van der Waals surface area (Å²) in [5.41, 5.74) is 0.0975. The van der Waals surface area contributed by atoms with E-state index in [4.69, 9.17) is 16.7 Å². The Kier molecular flexibility index (Phi) is 4.53. The Morgan fingerprint density at radius 2 is 2.06 bits per heavy atom. The predicted molar refractivity (Wildman–Crippen MR) is 56.9 cm³/mol. The van der Waals surface area contributed by atoms with Crippen LogP contribution in [0.5, 0.6) is 0 Å². The molecule has 1 N–H and O–H groups in total. The first-order valence-electron chi connectivity index (χ1n) is 4.81. The maximum atomic E-state index is 12.3. The molecule has 0 unspecified atom stereocenters. The molecule has 1 aromatic rings. The summed E-state index contributed by atoms with van der Waals surface area (Å²) < 4.78 is 37.0. The van der Waals surface area contributed by atoms with Crippen molar-refractivity contribution >= 4 is 17.4 Å². The van der Waals surface area contributed by atoms with Crippen LogP contribution >= 0.6 is 11.6 Å². The summed E-state index contributed by atoms with van der Waals surface area (Å²) in [4.78, 5) is 8.33. The van der Waals surface area contributed by atoms with Gasteiger partial charge in [0.1, 0.15) is 23.8 Å². The van der Waals surface area contributed by atoms with Crippen molar-refractivity contribution in [2.75, 3.05) is 18.0 Å². The second-order valence-electron chi connectivity index (χ2n) is 3.25. The van der Waals surface area contributed by atoms with Crippen molar-refractivity contribution in [1.29, 1.82) is 0 Å². The first kappa shape index (κ1) is 14.0. The molecule has 0 atom stereocenters. The van der Waals surface area contributed by atoms with Crippen LogP contribution in [0.1, 0.15) is 12.5 Å². The Balaban J connectivity index is 3.07. The predicted octanol–water partition coefficient (Wildman–Crippen LogP) is 2.01. The van der Waals surface area contributed by atoms with E-state index in [9.17, 15) is 13.2 Å². The van der Waals surface area contributed by atoms with E-state index in [1.54, 1.807) is 6.92 Å². The maximum absolute atomic E-state index is 12.3. The van der Waals surface area contributed by atoms with Crippen LogP contribution in [0.3, 0.4) is 0 Å². The molecule has 1 aromatic heterocycles. The van der Waals surface area contributed by atoms with Gasteiger partial charge in [-0.05, 0) is 6.92 Å². The number of hydrogen-bond donors (Lipinski definition) is 1. The lowest BCUT2D eigenvalue weighted by Crippen LogP contribution is -2.35. The van der Waals surface area contributed by atoms with Crippen LogP contribution in [0, 0.1) is 0 Å². The van der Waals surface area contributed by atoms with E-state index < -0.39 is 19.3 Å². The minimum Gasteiger partial charge on any atom is -0.391 e. The Morgan fingerprint density at radius 1 is 1.41 bits per heavy atom. The molecule has 4 nitrogen and oxygen atoms in total. The zero-order valence-electron chi connectivity index (χ0n) is 9.00. The van der Waals surface area contributed by atoms with Crippen molar-refractivity contribution in [1.82, 2.24) is 9.97 Å². The number of aliphatic hydroxyl groups excluding tert-OH is 1. The van der Waals surface area contributed by atoms with Gasteiger partial charge < -0.3 is 10.0 Å².